The van der Waals surface area contributed by atoms with Gasteiger partial charge in [0, 0.05) is 22.2 Å². The van der Waals surface area contributed by atoms with Crippen molar-refractivity contribution in [2.24, 2.45) is 0 Å². The molecule has 2 aromatic rings. The molecular weight excluding hydrogens is 315 g/mol. The van der Waals surface area contributed by atoms with Crippen molar-refractivity contribution in [1.29, 1.82) is 5.26 Å². The van der Waals surface area contributed by atoms with Crippen LogP contribution in [0.15, 0.2) is 52.5 Å². The molecule has 0 bridgehead atoms. The van der Waals surface area contributed by atoms with Crippen molar-refractivity contribution in [3.63, 3.8) is 0 Å². The molecule has 0 aliphatic rings. The van der Waals surface area contributed by atoms with E-state index in [1.807, 2.05) is 6.07 Å². The number of pyridine rings is 1. The topological polar surface area (TPSA) is 50.7 Å². The lowest BCUT2D eigenvalue weighted by atomic mass is 10.2. The number of nitriles is 1. The Balaban J connectivity index is 2.31. The van der Waals surface area contributed by atoms with Gasteiger partial charge in [0.15, 0.2) is 6.20 Å². The highest BCUT2D eigenvalue weighted by molar-refractivity contribution is 8.03. The molecule has 2 rings (SSSR count). The number of nitrogens with zero attached hydrogens (tertiary/aromatic N) is 2. The Morgan fingerprint density at radius 3 is 2.75 bits per heavy atom. The van der Waals surface area contributed by atoms with Crippen molar-refractivity contribution >= 4 is 41.0 Å². The average molecular weight is 323 g/mol. The first-order valence-electron chi connectivity index (χ1n) is 5.53. The summed E-state index contributed by atoms with van der Waals surface area (Å²) in [7, 11) is 0. The SMILES string of the molecule is N#C/C(=C/c1ccc(Cl)cc1Cl)Sc1cccc[n+]1[O-]. The molecule has 0 spiro atoms. The maximum atomic E-state index is 11.6. The maximum absolute atomic E-state index is 11.6. The molecule has 1 aromatic heterocycles. The minimum atomic E-state index is 0.366. The van der Waals surface area contributed by atoms with Crippen molar-refractivity contribution < 1.29 is 4.73 Å². The van der Waals surface area contributed by atoms with Gasteiger partial charge in [-0.05, 0) is 41.6 Å². The van der Waals surface area contributed by atoms with Crippen LogP contribution < -0.4 is 4.73 Å². The molecule has 0 atom stereocenters. The van der Waals surface area contributed by atoms with Gasteiger partial charge in [-0.15, -0.1) is 0 Å². The second-order valence-electron chi connectivity index (χ2n) is 3.75. The smallest absolute Gasteiger partial charge is 0.256 e. The van der Waals surface area contributed by atoms with Gasteiger partial charge in [-0.3, -0.25) is 0 Å². The molecule has 100 valence electrons. The number of halogens is 2. The van der Waals surface area contributed by atoms with Crippen LogP contribution in [0.25, 0.3) is 6.08 Å². The fraction of sp³-hybridized carbons (Fsp3) is 0. The van der Waals surface area contributed by atoms with Crippen molar-refractivity contribution in [1.82, 2.24) is 0 Å². The van der Waals surface area contributed by atoms with E-state index in [1.54, 1.807) is 42.5 Å². The van der Waals surface area contributed by atoms with Crippen molar-refractivity contribution in [3.8, 4) is 6.07 Å². The lowest BCUT2D eigenvalue weighted by molar-refractivity contribution is -0.645. The second kappa shape index (κ2) is 6.67. The summed E-state index contributed by atoms with van der Waals surface area (Å²) in [6, 6.07) is 12.1. The van der Waals surface area contributed by atoms with E-state index in [-0.39, 0.29) is 0 Å². The summed E-state index contributed by atoms with van der Waals surface area (Å²) in [6.45, 7) is 0. The average Bonchev–Trinajstić information content (AvgIpc) is 2.43. The van der Waals surface area contributed by atoms with Crippen LogP contribution in [0.3, 0.4) is 0 Å². The Morgan fingerprint density at radius 2 is 2.10 bits per heavy atom. The summed E-state index contributed by atoms with van der Waals surface area (Å²) >= 11 is 13.0. The first kappa shape index (κ1) is 14.7. The molecule has 0 N–H and O–H groups in total. The third kappa shape index (κ3) is 3.67. The summed E-state index contributed by atoms with van der Waals surface area (Å²) in [5.41, 5.74) is 0.675. The molecule has 0 aliphatic heterocycles. The fourth-order valence-corrected chi connectivity index (χ4v) is 2.67. The molecule has 0 saturated carbocycles. The highest BCUT2D eigenvalue weighted by Crippen LogP contribution is 2.28. The standard InChI is InChI=1S/C14H8Cl2N2OS/c15-11-5-4-10(13(16)8-11)7-12(9-17)20-14-3-1-2-6-18(14)19/h1-8H/b12-7-. The molecule has 1 heterocycles. The minimum Gasteiger partial charge on any atom is -0.618 e. The Bertz CT molecular complexity index is 711. The van der Waals surface area contributed by atoms with E-state index in [1.165, 1.54) is 6.20 Å². The third-order valence-corrected chi connectivity index (χ3v) is 3.88. The van der Waals surface area contributed by atoms with Gasteiger partial charge in [0.2, 0.25) is 0 Å². The van der Waals surface area contributed by atoms with Gasteiger partial charge in [-0.1, -0.05) is 29.3 Å². The lowest BCUT2D eigenvalue weighted by Crippen LogP contribution is -2.27. The zero-order valence-electron chi connectivity index (χ0n) is 10.1. The number of thioether (sulfide) groups is 1. The van der Waals surface area contributed by atoms with E-state index in [2.05, 4.69) is 0 Å². The van der Waals surface area contributed by atoms with Gasteiger partial charge >= 0.3 is 0 Å². The summed E-state index contributed by atoms with van der Waals surface area (Å²) in [6.07, 6.45) is 3.00. The molecule has 3 nitrogen and oxygen atoms in total. The molecule has 0 amide bonds. The molecule has 0 unspecified atom stereocenters. The van der Waals surface area contributed by atoms with Crippen LogP contribution in [0.1, 0.15) is 5.56 Å². The van der Waals surface area contributed by atoms with Gasteiger partial charge < -0.3 is 5.21 Å². The predicted molar refractivity (Wildman–Crippen MR) is 81.3 cm³/mol. The molecule has 0 radical (unpaired) electrons. The summed E-state index contributed by atoms with van der Waals surface area (Å²) in [5.74, 6) is 0. The van der Waals surface area contributed by atoms with Crippen LogP contribution in [0.5, 0.6) is 0 Å². The Morgan fingerprint density at radius 1 is 1.30 bits per heavy atom. The normalized spacial score (nSPS) is 11.2. The van der Waals surface area contributed by atoms with E-state index >= 15 is 0 Å². The zero-order chi connectivity index (χ0) is 14.5. The third-order valence-electron chi connectivity index (χ3n) is 2.36. The molecule has 0 aliphatic carbocycles. The fourth-order valence-electron chi connectivity index (χ4n) is 1.45. The van der Waals surface area contributed by atoms with Crippen LogP contribution in [-0.4, -0.2) is 0 Å². The number of rotatable bonds is 3. The van der Waals surface area contributed by atoms with Crippen molar-refractivity contribution in [2.45, 2.75) is 5.03 Å². The van der Waals surface area contributed by atoms with Crippen LogP contribution in [0.2, 0.25) is 10.0 Å². The van der Waals surface area contributed by atoms with E-state index < -0.39 is 0 Å². The molecule has 6 heteroatoms. The Hall–Kier alpha value is -1.67. The minimum absolute atomic E-state index is 0.366. The van der Waals surface area contributed by atoms with E-state index in [0.717, 1.165) is 11.8 Å². The summed E-state index contributed by atoms with van der Waals surface area (Å²) < 4.78 is 0.708. The van der Waals surface area contributed by atoms with Gasteiger partial charge in [0.25, 0.3) is 5.03 Å². The first-order chi connectivity index (χ1) is 9.60. The highest BCUT2D eigenvalue weighted by atomic mass is 35.5. The van der Waals surface area contributed by atoms with E-state index in [9.17, 15) is 5.21 Å². The van der Waals surface area contributed by atoms with Crippen LogP contribution >= 0.6 is 35.0 Å². The Kier molecular flexibility index (Phi) is 4.91. The van der Waals surface area contributed by atoms with E-state index in [0.29, 0.717) is 30.3 Å². The number of hydrogen-bond donors (Lipinski definition) is 0. The molecule has 0 saturated heterocycles. The Labute approximate surface area is 130 Å². The maximum Gasteiger partial charge on any atom is 0.256 e. The largest absolute Gasteiger partial charge is 0.618 e. The van der Waals surface area contributed by atoms with Crippen LogP contribution in [0.4, 0.5) is 0 Å². The summed E-state index contributed by atoms with van der Waals surface area (Å²) in [5, 5.41) is 22.1. The number of aromatic nitrogens is 1. The number of benzene rings is 1. The highest BCUT2D eigenvalue weighted by Gasteiger charge is 2.09. The first-order valence-corrected chi connectivity index (χ1v) is 7.10. The molecule has 1 aromatic carbocycles. The molecule has 20 heavy (non-hydrogen) atoms. The summed E-state index contributed by atoms with van der Waals surface area (Å²) in [4.78, 5) is 0.366. The number of hydrogen-bond acceptors (Lipinski definition) is 3. The van der Waals surface area contributed by atoms with Gasteiger partial charge in [0.05, 0.1) is 4.91 Å². The second-order valence-corrected chi connectivity index (χ2v) is 5.66. The van der Waals surface area contributed by atoms with Gasteiger partial charge in [-0.2, -0.15) is 9.99 Å². The molecule has 0 fully saturated rings. The van der Waals surface area contributed by atoms with Crippen molar-refractivity contribution in [3.05, 3.63) is 68.3 Å². The van der Waals surface area contributed by atoms with Gasteiger partial charge in [-0.25, -0.2) is 0 Å². The van der Waals surface area contributed by atoms with Gasteiger partial charge in [0.1, 0.15) is 6.07 Å². The zero-order valence-corrected chi connectivity index (χ0v) is 12.4. The lowest BCUT2D eigenvalue weighted by Gasteiger charge is -2.03. The van der Waals surface area contributed by atoms with Crippen molar-refractivity contribution in [2.75, 3.05) is 0 Å². The van der Waals surface area contributed by atoms with Crippen LogP contribution in [0, 0.1) is 16.5 Å². The quantitative estimate of drug-likeness (QED) is 0.366. The molecular formula is C14H8Cl2N2OS. The monoisotopic (exact) mass is 322 g/mol. The van der Waals surface area contributed by atoms with E-state index in [4.69, 9.17) is 28.5 Å². The predicted octanol–water partition coefficient (Wildman–Crippen LogP) is 4.28. The number of allylic oxidation sites excluding steroid dienone is 1. The van der Waals surface area contributed by atoms with Crippen LogP contribution in [-0.2, 0) is 0 Å².